The van der Waals surface area contributed by atoms with Crippen molar-refractivity contribution in [3.05, 3.63) is 77.8 Å². The van der Waals surface area contributed by atoms with Gasteiger partial charge in [-0.05, 0) is 30.7 Å². The molecule has 0 N–H and O–H groups in total. The predicted octanol–water partition coefficient (Wildman–Crippen LogP) is 3.46. The van der Waals surface area contributed by atoms with Crippen molar-refractivity contribution in [3.8, 4) is 17.3 Å². The molecule has 0 bridgehead atoms. The van der Waals surface area contributed by atoms with Gasteiger partial charge in [0.2, 0.25) is 0 Å². The number of esters is 1. The largest absolute Gasteiger partial charge is 0.462 e. The van der Waals surface area contributed by atoms with E-state index in [1.54, 1.807) is 24.0 Å². The molecule has 2 aromatic heterocycles. The van der Waals surface area contributed by atoms with Crippen molar-refractivity contribution < 1.29 is 9.53 Å². The minimum atomic E-state index is -0.645. The number of rotatable bonds is 6. The fourth-order valence-electron chi connectivity index (χ4n) is 2.62. The third-order valence-corrected chi connectivity index (χ3v) is 3.83. The highest BCUT2D eigenvalue weighted by Gasteiger charge is 2.15. The summed E-state index contributed by atoms with van der Waals surface area (Å²) < 4.78 is 6.73. The lowest BCUT2D eigenvalue weighted by Crippen LogP contribution is -2.06. The van der Waals surface area contributed by atoms with Gasteiger partial charge in [0.15, 0.2) is 0 Å². The Kier molecular flexibility index (Phi) is 5.75. The van der Waals surface area contributed by atoms with Crippen LogP contribution in [0.15, 0.2) is 66.6 Å². The van der Waals surface area contributed by atoms with Crippen molar-refractivity contribution in [2.45, 2.75) is 13.5 Å². The van der Waals surface area contributed by atoms with Gasteiger partial charge in [0.05, 0.1) is 13.2 Å². The minimum absolute atomic E-state index is 0.0683. The summed E-state index contributed by atoms with van der Waals surface area (Å²) in [5.74, 6) is -0.645. The molecule has 3 aromatic rings. The van der Waals surface area contributed by atoms with Crippen molar-refractivity contribution in [1.82, 2.24) is 14.8 Å². The molecule has 0 aliphatic carbocycles. The van der Waals surface area contributed by atoms with E-state index in [0.29, 0.717) is 17.8 Å². The number of ether oxygens (including phenoxy) is 1. The summed E-state index contributed by atoms with van der Waals surface area (Å²) in [6, 6.07) is 15.5. The lowest BCUT2D eigenvalue weighted by Gasteiger charge is -2.01. The second kappa shape index (κ2) is 8.59. The van der Waals surface area contributed by atoms with Crippen LogP contribution >= 0.6 is 0 Å². The molecule has 0 saturated carbocycles. The summed E-state index contributed by atoms with van der Waals surface area (Å²) in [5, 5.41) is 14.0. The lowest BCUT2D eigenvalue weighted by atomic mass is 10.1. The molecule has 0 aliphatic rings. The standard InChI is InChI=1S/C21H18N4O2/c1-2-27-21(26)18(12-22)11-19-15-25(14-16-7-4-3-5-8-16)24-20(19)17-9-6-10-23-13-17/h3-11,13,15H,2,14H2,1H3/b18-11+. The van der Waals surface area contributed by atoms with Crippen molar-refractivity contribution in [1.29, 1.82) is 5.26 Å². The fraction of sp³-hybridized carbons (Fsp3) is 0.143. The number of carbonyl (C=O) groups excluding carboxylic acids is 1. The molecule has 0 aliphatic heterocycles. The SMILES string of the molecule is CCOC(=O)/C(C#N)=C/c1cn(Cc2ccccc2)nc1-c1cccnc1. The Labute approximate surface area is 157 Å². The van der Waals surface area contributed by atoms with E-state index in [9.17, 15) is 10.1 Å². The number of nitriles is 1. The lowest BCUT2D eigenvalue weighted by molar-refractivity contribution is -0.137. The number of carbonyl (C=O) groups is 1. The molecule has 0 unspecified atom stereocenters. The Bertz CT molecular complexity index is 986. The van der Waals surface area contributed by atoms with E-state index in [-0.39, 0.29) is 12.2 Å². The highest BCUT2D eigenvalue weighted by atomic mass is 16.5. The van der Waals surface area contributed by atoms with Gasteiger partial charge in [0.1, 0.15) is 17.3 Å². The Hall–Kier alpha value is -3.72. The molecule has 134 valence electrons. The first-order valence-electron chi connectivity index (χ1n) is 8.52. The van der Waals surface area contributed by atoms with E-state index in [0.717, 1.165) is 11.1 Å². The number of hydrogen-bond donors (Lipinski definition) is 0. The summed E-state index contributed by atoms with van der Waals surface area (Å²) >= 11 is 0. The molecule has 0 atom stereocenters. The number of pyridine rings is 1. The smallest absolute Gasteiger partial charge is 0.348 e. The first-order valence-corrected chi connectivity index (χ1v) is 8.52. The maximum Gasteiger partial charge on any atom is 0.348 e. The average Bonchev–Trinajstić information content (AvgIpc) is 3.10. The second-order valence-corrected chi connectivity index (χ2v) is 5.75. The van der Waals surface area contributed by atoms with Gasteiger partial charge in [-0.25, -0.2) is 4.79 Å². The van der Waals surface area contributed by atoms with Crippen molar-refractivity contribution in [2.24, 2.45) is 0 Å². The molecular formula is C21H18N4O2. The third-order valence-electron chi connectivity index (χ3n) is 3.83. The zero-order valence-electron chi connectivity index (χ0n) is 14.9. The van der Waals surface area contributed by atoms with E-state index in [1.165, 1.54) is 6.08 Å². The molecule has 0 spiro atoms. The number of hydrogen-bond acceptors (Lipinski definition) is 5. The zero-order valence-corrected chi connectivity index (χ0v) is 14.9. The van der Waals surface area contributed by atoms with E-state index in [4.69, 9.17) is 4.74 Å². The van der Waals surface area contributed by atoms with Crippen LogP contribution in [0.2, 0.25) is 0 Å². The van der Waals surface area contributed by atoms with Gasteiger partial charge in [0, 0.05) is 29.7 Å². The van der Waals surface area contributed by atoms with Gasteiger partial charge in [-0.15, -0.1) is 0 Å². The molecule has 27 heavy (non-hydrogen) atoms. The molecule has 2 heterocycles. The van der Waals surface area contributed by atoms with Gasteiger partial charge >= 0.3 is 5.97 Å². The molecule has 0 fully saturated rings. The summed E-state index contributed by atoms with van der Waals surface area (Å²) in [4.78, 5) is 16.1. The normalized spacial score (nSPS) is 11.0. The van der Waals surface area contributed by atoms with E-state index >= 15 is 0 Å². The average molecular weight is 358 g/mol. The van der Waals surface area contributed by atoms with Gasteiger partial charge in [-0.3, -0.25) is 9.67 Å². The molecule has 0 radical (unpaired) electrons. The Morgan fingerprint density at radius 1 is 1.26 bits per heavy atom. The van der Waals surface area contributed by atoms with Crippen molar-refractivity contribution in [3.63, 3.8) is 0 Å². The Balaban J connectivity index is 2.03. The van der Waals surface area contributed by atoms with Crippen LogP contribution in [0.25, 0.3) is 17.3 Å². The van der Waals surface area contributed by atoms with Crippen LogP contribution in [0.4, 0.5) is 0 Å². The van der Waals surface area contributed by atoms with Crippen LogP contribution in [0.3, 0.4) is 0 Å². The van der Waals surface area contributed by atoms with E-state index in [2.05, 4.69) is 10.1 Å². The summed E-state index contributed by atoms with van der Waals surface area (Å²) in [5.41, 5.74) is 3.14. The monoisotopic (exact) mass is 358 g/mol. The molecule has 3 rings (SSSR count). The summed E-state index contributed by atoms with van der Waals surface area (Å²) in [6.07, 6.45) is 6.70. The fourth-order valence-corrected chi connectivity index (χ4v) is 2.62. The molecule has 0 saturated heterocycles. The van der Waals surface area contributed by atoms with E-state index in [1.807, 2.05) is 54.7 Å². The highest BCUT2D eigenvalue weighted by Crippen LogP contribution is 2.24. The van der Waals surface area contributed by atoms with Gasteiger partial charge < -0.3 is 4.74 Å². The van der Waals surface area contributed by atoms with Gasteiger partial charge in [-0.1, -0.05) is 30.3 Å². The zero-order chi connectivity index (χ0) is 19.1. The third kappa shape index (κ3) is 4.47. The Morgan fingerprint density at radius 3 is 2.74 bits per heavy atom. The number of aromatic nitrogens is 3. The van der Waals surface area contributed by atoms with E-state index < -0.39 is 5.97 Å². The molecule has 1 aromatic carbocycles. The van der Waals surface area contributed by atoms with Crippen LogP contribution in [0.5, 0.6) is 0 Å². The van der Waals surface area contributed by atoms with Crippen molar-refractivity contribution >= 4 is 12.0 Å². The highest BCUT2D eigenvalue weighted by molar-refractivity contribution is 5.98. The van der Waals surface area contributed by atoms with Crippen LogP contribution in [0.1, 0.15) is 18.1 Å². The predicted molar refractivity (Wildman–Crippen MR) is 101 cm³/mol. The molecule has 6 heteroatoms. The molecular weight excluding hydrogens is 340 g/mol. The van der Waals surface area contributed by atoms with Crippen LogP contribution in [0, 0.1) is 11.3 Å². The molecule has 0 amide bonds. The number of benzene rings is 1. The van der Waals surface area contributed by atoms with Gasteiger partial charge in [0.25, 0.3) is 0 Å². The first kappa shape index (κ1) is 18.1. The van der Waals surface area contributed by atoms with Crippen LogP contribution in [-0.2, 0) is 16.1 Å². The maximum absolute atomic E-state index is 12.0. The number of nitrogens with zero attached hydrogens (tertiary/aromatic N) is 4. The van der Waals surface area contributed by atoms with Crippen molar-refractivity contribution in [2.75, 3.05) is 6.61 Å². The van der Waals surface area contributed by atoms with Crippen LogP contribution < -0.4 is 0 Å². The summed E-state index contributed by atoms with van der Waals surface area (Å²) in [6.45, 7) is 2.48. The second-order valence-electron chi connectivity index (χ2n) is 5.75. The first-order chi connectivity index (χ1) is 13.2. The van der Waals surface area contributed by atoms with Gasteiger partial charge in [-0.2, -0.15) is 10.4 Å². The quantitative estimate of drug-likeness (QED) is 0.383. The Morgan fingerprint density at radius 2 is 2.07 bits per heavy atom. The maximum atomic E-state index is 12.0. The summed E-state index contributed by atoms with van der Waals surface area (Å²) in [7, 11) is 0. The minimum Gasteiger partial charge on any atom is -0.462 e. The van der Waals surface area contributed by atoms with Crippen LogP contribution in [-0.4, -0.2) is 27.3 Å². The topological polar surface area (TPSA) is 80.8 Å². The molecule has 6 nitrogen and oxygen atoms in total.